The van der Waals surface area contributed by atoms with Crippen LogP contribution in [0.2, 0.25) is 5.02 Å². The molecule has 4 nitrogen and oxygen atoms in total. The first kappa shape index (κ1) is 15.4. The molecule has 5 heteroatoms. The zero-order valence-corrected chi connectivity index (χ0v) is 13.5. The molecule has 110 valence electrons. The third-order valence-electron chi connectivity index (χ3n) is 3.18. The molecule has 0 radical (unpaired) electrons. The van der Waals surface area contributed by atoms with Crippen molar-refractivity contribution in [2.45, 2.75) is 26.7 Å². The SMILES string of the molecule is C=C/C=C(\C=C/C)c1nnc2c(c(C(C)C)nn2C)c1Cl. The van der Waals surface area contributed by atoms with E-state index in [4.69, 9.17) is 11.6 Å². The molecule has 0 atom stereocenters. The predicted molar refractivity (Wildman–Crippen MR) is 88.4 cm³/mol. The predicted octanol–water partition coefficient (Wildman–Crippen LogP) is 4.29. The smallest absolute Gasteiger partial charge is 0.181 e. The average molecular weight is 303 g/mol. The van der Waals surface area contributed by atoms with Crippen LogP contribution in [0.25, 0.3) is 16.6 Å². The van der Waals surface area contributed by atoms with Crippen LogP contribution in [-0.4, -0.2) is 20.0 Å². The van der Waals surface area contributed by atoms with Crippen molar-refractivity contribution in [3.63, 3.8) is 0 Å². The Morgan fingerprint density at radius 2 is 2.05 bits per heavy atom. The molecule has 21 heavy (non-hydrogen) atoms. The highest BCUT2D eigenvalue weighted by atomic mass is 35.5. The molecule has 0 saturated heterocycles. The van der Waals surface area contributed by atoms with E-state index in [0.29, 0.717) is 16.4 Å². The van der Waals surface area contributed by atoms with Crippen molar-refractivity contribution in [2.24, 2.45) is 7.05 Å². The lowest BCUT2D eigenvalue weighted by Crippen LogP contribution is -1.97. The molecule has 0 saturated carbocycles. The molecular weight excluding hydrogens is 284 g/mol. The van der Waals surface area contributed by atoms with Gasteiger partial charge in [-0.3, -0.25) is 0 Å². The van der Waals surface area contributed by atoms with Gasteiger partial charge in [-0.1, -0.05) is 56.3 Å². The van der Waals surface area contributed by atoms with Crippen molar-refractivity contribution in [1.82, 2.24) is 20.0 Å². The quantitative estimate of drug-likeness (QED) is 0.792. The third-order valence-corrected chi connectivity index (χ3v) is 3.55. The monoisotopic (exact) mass is 302 g/mol. The molecule has 0 aliphatic rings. The lowest BCUT2D eigenvalue weighted by molar-refractivity contribution is 0.721. The van der Waals surface area contributed by atoms with Gasteiger partial charge >= 0.3 is 0 Å². The molecule has 2 aromatic rings. The van der Waals surface area contributed by atoms with E-state index in [-0.39, 0.29) is 5.92 Å². The van der Waals surface area contributed by atoms with E-state index in [1.807, 2.05) is 32.2 Å². The number of aromatic nitrogens is 4. The van der Waals surface area contributed by atoms with Crippen molar-refractivity contribution in [3.05, 3.63) is 47.3 Å². The fraction of sp³-hybridized carbons (Fsp3) is 0.312. The number of aryl methyl sites for hydroxylation is 1. The number of allylic oxidation sites excluding steroid dienone is 5. The molecule has 0 bridgehead atoms. The van der Waals surface area contributed by atoms with Gasteiger partial charge in [0.05, 0.1) is 16.1 Å². The summed E-state index contributed by atoms with van der Waals surface area (Å²) in [5.41, 5.74) is 3.17. The van der Waals surface area contributed by atoms with Crippen LogP contribution in [0.15, 0.2) is 30.9 Å². The van der Waals surface area contributed by atoms with Crippen molar-refractivity contribution in [1.29, 1.82) is 0 Å². The van der Waals surface area contributed by atoms with E-state index in [9.17, 15) is 0 Å². The molecule has 0 spiro atoms. The maximum Gasteiger partial charge on any atom is 0.181 e. The summed E-state index contributed by atoms with van der Waals surface area (Å²) < 4.78 is 1.72. The summed E-state index contributed by atoms with van der Waals surface area (Å²) in [7, 11) is 1.85. The van der Waals surface area contributed by atoms with E-state index in [1.54, 1.807) is 10.8 Å². The second kappa shape index (κ2) is 6.22. The minimum absolute atomic E-state index is 0.261. The Kier molecular flexibility index (Phi) is 4.58. The van der Waals surface area contributed by atoms with Crippen LogP contribution in [0.4, 0.5) is 0 Å². The standard InChI is InChI=1S/C16H19ClN4/c1-6-8-11(9-7-2)15-13(17)12-14(10(3)4)20-21(5)16(12)19-18-15/h6-10H,1H2,2-5H3/b9-7-,11-8+. The Labute approximate surface area is 129 Å². The zero-order valence-electron chi connectivity index (χ0n) is 12.8. The Morgan fingerprint density at radius 1 is 1.33 bits per heavy atom. The van der Waals surface area contributed by atoms with Gasteiger partial charge in [-0.25, -0.2) is 4.68 Å². The van der Waals surface area contributed by atoms with Gasteiger partial charge < -0.3 is 0 Å². The zero-order chi connectivity index (χ0) is 15.6. The third kappa shape index (κ3) is 2.76. The summed E-state index contributed by atoms with van der Waals surface area (Å²) in [4.78, 5) is 0. The first-order chi connectivity index (χ1) is 10.0. The van der Waals surface area contributed by atoms with Gasteiger partial charge in [-0.05, 0) is 12.8 Å². The molecule has 2 heterocycles. The van der Waals surface area contributed by atoms with Crippen molar-refractivity contribution < 1.29 is 0 Å². The largest absolute Gasteiger partial charge is 0.249 e. The van der Waals surface area contributed by atoms with E-state index in [1.165, 1.54) is 0 Å². The van der Waals surface area contributed by atoms with Crippen LogP contribution >= 0.6 is 11.6 Å². The number of hydrogen-bond donors (Lipinski definition) is 0. The van der Waals surface area contributed by atoms with Crippen LogP contribution in [-0.2, 0) is 7.05 Å². The minimum atomic E-state index is 0.261. The highest BCUT2D eigenvalue weighted by molar-refractivity contribution is 6.37. The van der Waals surface area contributed by atoms with Gasteiger partial charge in [0.15, 0.2) is 5.65 Å². The molecule has 2 rings (SSSR count). The average Bonchev–Trinajstić information content (AvgIpc) is 2.78. The summed E-state index contributed by atoms with van der Waals surface area (Å²) in [6, 6.07) is 0. The van der Waals surface area contributed by atoms with E-state index < -0.39 is 0 Å². The second-order valence-corrected chi connectivity index (χ2v) is 5.46. The molecule has 0 amide bonds. The summed E-state index contributed by atoms with van der Waals surface area (Å²) in [6.45, 7) is 9.85. The molecule has 0 aliphatic carbocycles. The van der Waals surface area contributed by atoms with Gasteiger partial charge in [0.1, 0.15) is 5.69 Å². The van der Waals surface area contributed by atoms with Gasteiger partial charge in [-0.15, -0.1) is 10.2 Å². The molecule has 0 N–H and O–H groups in total. The van der Waals surface area contributed by atoms with Crippen LogP contribution in [0.3, 0.4) is 0 Å². The molecule has 2 aromatic heterocycles. The fourth-order valence-corrected chi connectivity index (χ4v) is 2.56. The van der Waals surface area contributed by atoms with Crippen molar-refractivity contribution in [2.75, 3.05) is 0 Å². The van der Waals surface area contributed by atoms with Crippen molar-refractivity contribution in [3.8, 4) is 0 Å². The Balaban J connectivity index is 2.79. The maximum absolute atomic E-state index is 6.61. The Morgan fingerprint density at radius 3 is 2.62 bits per heavy atom. The fourth-order valence-electron chi connectivity index (χ4n) is 2.23. The van der Waals surface area contributed by atoms with Crippen LogP contribution < -0.4 is 0 Å². The highest BCUT2D eigenvalue weighted by Gasteiger charge is 2.20. The summed E-state index contributed by atoms with van der Waals surface area (Å²) >= 11 is 6.61. The van der Waals surface area contributed by atoms with Crippen LogP contribution in [0.5, 0.6) is 0 Å². The number of rotatable bonds is 4. The molecular formula is C16H19ClN4. The first-order valence-electron chi connectivity index (χ1n) is 6.85. The minimum Gasteiger partial charge on any atom is -0.249 e. The maximum atomic E-state index is 6.61. The van der Waals surface area contributed by atoms with Crippen LogP contribution in [0.1, 0.15) is 38.1 Å². The van der Waals surface area contributed by atoms with E-state index >= 15 is 0 Å². The molecule has 0 unspecified atom stereocenters. The topological polar surface area (TPSA) is 43.6 Å². The lowest BCUT2D eigenvalue weighted by atomic mass is 10.1. The van der Waals surface area contributed by atoms with Gasteiger partial charge in [0.25, 0.3) is 0 Å². The Bertz CT molecular complexity index is 738. The number of hydrogen-bond acceptors (Lipinski definition) is 3. The highest BCUT2D eigenvalue weighted by Crippen LogP contribution is 2.33. The summed E-state index contributed by atoms with van der Waals surface area (Å²) in [5.74, 6) is 0.261. The number of nitrogens with zero attached hydrogens (tertiary/aromatic N) is 4. The molecule has 0 aromatic carbocycles. The normalized spacial score (nSPS) is 12.8. The van der Waals surface area contributed by atoms with Crippen molar-refractivity contribution >= 4 is 28.2 Å². The number of fused-ring (bicyclic) bond motifs is 1. The second-order valence-electron chi connectivity index (χ2n) is 5.08. The number of halogens is 1. The van der Waals surface area contributed by atoms with E-state index in [2.05, 4.69) is 35.7 Å². The van der Waals surface area contributed by atoms with Crippen LogP contribution in [0, 0.1) is 0 Å². The Hall–Kier alpha value is -1.94. The summed E-state index contributed by atoms with van der Waals surface area (Å²) in [6.07, 6.45) is 7.45. The first-order valence-corrected chi connectivity index (χ1v) is 7.23. The van der Waals surface area contributed by atoms with Gasteiger partial charge in [0.2, 0.25) is 0 Å². The van der Waals surface area contributed by atoms with Gasteiger partial charge in [0, 0.05) is 12.6 Å². The summed E-state index contributed by atoms with van der Waals surface area (Å²) in [5, 5.41) is 14.5. The van der Waals surface area contributed by atoms with E-state index in [0.717, 1.165) is 16.7 Å². The molecule has 0 fully saturated rings. The van der Waals surface area contributed by atoms with Gasteiger partial charge in [-0.2, -0.15) is 5.10 Å². The lowest BCUT2D eigenvalue weighted by Gasteiger charge is -2.06. The molecule has 0 aliphatic heterocycles.